The summed E-state index contributed by atoms with van der Waals surface area (Å²) in [4.78, 5) is 24.0. The molecule has 0 bridgehead atoms. The van der Waals surface area contributed by atoms with E-state index < -0.39 is 12.1 Å². The van der Waals surface area contributed by atoms with Crippen LogP contribution in [-0.2, 0) is 14.3 Å². The lowest BCUT2D eigenvalue weighted by Gasteiger charge is -2.10. The maximum atomic E-state index is 11.5. The zero-order valence-electron chi connectivity index (χ0n) is 11.0. The molecule has 1 aromatic rings. The number of esters is 1. The molecule has 5 heteroatoms. The van der Waals surface area contributed by atoms with Crippen LogP contribution in [0.5, 0.6) is 0 Å². The van der Waals surface area contributed by atoms with Crippen molar-refractivity contribution in [2.45, 2.75) is 20.0 Å². The number of hydrogen-bond acceptors (Lipinski definition) is 4. The highest BCUT2D eigenvalue weighted by Gasteiger charge is 2.15. The summed E-state index contributed by atoms with van der Waals surface area (Å²) >= 11 is 1.54. The normalized spacial score (nSPS) is 12.1. The lowest BCUT2D eigenvalue weighted by atomic mass is 10.3. The van der Waals surface area contributed by atoms with Gasteiger partial charge in [-0.1, -0.05) is 6.08 Å². The number of ether oxygens (including phenoxy) is 1. The number of rotatable bonds is 6. The molecule has 102 valence electrons. The van der Waals surface area contributed by atoms with Crippen LogP contribution in [0.25, 0.3) is 6.08 Å². The van der Waals surface area contributed by atoms with Crippen LogP contribution >= 0.6 is 11.3 Å². The van der Waals surface area contributed by atoms with Gasteiger partial charge in [0.25, 0.3) is 5.91 Å². The second kappa shape index (κ2) is 7.53. The summed E-state index contributed by atoms with van der Waals surface area (Å²) in [5.41, 5.74) is 1.10. The van der Waals surface area contributed by atoms with Crippen molar-refractivity contribution in [1.82, 2.24) is 5.32 Å². The van der Waals surface area contributed by atoms with Crippen molar-refractivity contribution in [1.29, 1.82) is 0 Å². The third-order valence-corrected chi connectivity index (χ3v) is 3.34. The average molecular weight is 279 g/mol. The van der Waals surface area contributed by atoms with Gasteiger partial charge in [0, 0.05) is 17.5 Å². The van der Waals surface area contributed by atoms with Gasteiger partial charge in [0.15, 0.2) is 6.10 Å². The van der Waals surface area contributed by atoms with Gasteiger partial charge in [-0.2, -0.15) is 0 Å². The van der Waals surface area contributed by atoms with E-state index in [2.05, 4.69) is 11.9 Å². The SMILES string of the molecule is C=CCNC(=O)[C@H](C)OC(=O)/C=C/c1sccc1C. The van der Waals surface area contributed by atoms with Gasteiger partial charge < -0.3 is 10.1 Å². The summed E-state index contributed by atoms with van der Waals surface area (Å²) in [6, 6.07) is 1.97. The van der Waals surface area contributed by atoms with Crippen molar-refractivity contribution in [3.63, 3.8) is 0 Å². The Kier molecular flexibility index (Phi) is 6.02. The maximum absolute atomic E-state index is 11.5. The summed E-state index contributed by atoms with van der Waals surface area (Å²) in [7, 11) is 0. The standard InChI is InChI=1S/C14H17NO3S/c1-4-8-15-14(17)11(3)18-13(16)6-5-12-10(2)7-9-19-12/h4-7,9,11H,1,8H2,2-3H3,(H,15,17)/b6-5+/t11-/m0/s1. The van der Waals surface area contributed by atoms with E-state index in [-0.39, 0.29) is 5.91 Å². The molecule has 0 radical (unpaired) electrons. The molecule has 0 unspecified atom stereocenters. The van der Waals surface area contributed by atoms with E-state index >= 15 is 0 Å². The lowest BCUT2D eigenvalue weighted by molar-refractivity contribution is -0.150. The Hall–Kier alpha value is -1.88. The number of thiophene rings is 1. The van der Waals surface area contributed by atoms with Gasteiger partial charge in [0.2, 0.25) is 0 Å². The van der Waals surface area contributed by atoms with E-state index in [0.717, 1.165) is 10.4 Å². The minimum absolute atomic E-state index is 0.339. The Morgan fingerprint density at radius 2 is 2.32 bits per heavy atom. The number of amides is 1. The molecule has 1 aromatic heterocycles. The van der Waals surface area contributed by atoms with Crippen LogP contribution in [-0.4, -0.2) is 24.5 Å². The van der Waals surface area contributed by atoms with Gasteiger partial charge in [0.05, 0.1) is 0 Å². The highest BCUT2D eigenvalue weighted by Crippen LogP contribution is 2.17. The molecule has 0 aliphatic carbocycles. The van der Waals surface area contributed by atoms with Gasteiger partial charge in [-0.3, -0.25) is 4.79 Å². The van der Waals surface area contributed by atoms with Crippen molar-refractivity contribution >= 4 is 29.3 Å². The van der Waals surface area contributed by atoms with E-state index in [0.29, 0.717) is 6.54 Å². The summed E-state index contributed by atoms with van der Waals surface area (Å²) < 4.78 is 4.98. The van der Waals surface area contributed by atoms with Gasteiger partial charge >= 0.3 is 5.97 Å². The van der Waals surface area contributed by atoms with Crippen molar-refractivity contribution in [3.8, 4) is 0 Å². The maximum Gasteiger partial charge on any atom is 0.331 e. The molecule has 0 saturated carbocycles. The van der Waals surface area contributed by atoms with Crippen LogP contribution in [0, 0.1) is 6.92 Å². The Morgan fingerprint density at radius 1 is 1.58 bits per heavy atom. The number of aryl methyl sites for hydroxylation is 1. The van der Waals surface area contributed by atoms with E-state index in [4.69, 9.17) is 4.74 Å². The van der Waals surface area contributed by atoms with Crippen LogP contribution in [0.3, 0.4) is 0 Å². The van der Waals surface area contributed by atoms with Crippen molar-refractivity contribution in [3.05, 3.63) is 40.6 Å². The van der Waals surface area contributed by atoms with E-state index in [1.807, 2.05) is 18.4 Å². The molecule has 0 saturated heterocycles. The fourth-order valence-corrected chi connectivity index (χ4v) is 2.10. The molecule has 1 N–H and O–H groups in total. The first kappa shape index (κ1) is 15.2. The molecule has 0 aromatic carbocycles. The number of carbonyl (C=O) groups excluding carboxylic acids is 2. The molecule has 19 heavy (non-hydrogen) atoms. The van der Waals surface area contributed by atoms with Crippen molar-refractivity contribution in [2.75, 3.05) is 6.54 Å². The molecule has 1 heterocycles. The third kappa shape index (κ3) is 5.09. The molecule has 0 fully saturated rings. The van der Waals surface area contributed by atoms with Crippen LogP contribution in [0.2, 0.25) is 0 Å². The number of hydrogen-bond donors (Lipinski definition) is 1. The molecule has 0 aliphatic rings. The Bertz CT molecular complexity index is 491. The predicted molar refractivity (Wildman–Crippen MR) is 76.9 cm³/mol. The van der Waals surface area contributed by atoms with E-state index in [9.17, 15) is 9.59 Å². The molecule has 4 nitrogen and oxygen atoms in total. The highest BCUT2D eigenvalue weighted by atomic mass is 32.1. The predicted octanol–water partition coefficient (Wildman–Crippen LogP) is 2.30. The van der Waals surface area contributed by atoms with Crippen LogP contribution in [0.15, 0.2) is 30.2 Å². The third-order valence-electron chi connectivity index (χ3n) is 2.36. The van der Waals surface area contributed by atoms with Gasteiger partial charge in [-0.15, -0.1) is 17.9 Å². The first-order valence-electron chi connectivity index (χ1n) is 5.86. The zero-order chi connectivity index (χ0) is 14.3. The molecule has 1 amide bonds. The van der Waals surface area contributed by atoms with Crippen LogP contribution in [0.4, 0.5) is 0 Å². The highest BCUT2D eigenvalue weighted by molar-refractivity contribution is 7.11. The fourth-order valence-electron chi connectivity index (χ4n) is 1.28. The van der Waals surface area contributed by atoms with Crippen LogP contribution in [0.1, 0.15) is 17.4 Å². The molecular formula is C14H17NO3S. The van der Waals surface area contributed by atoms with Gasteiger partial charge in [0.1, 0.15) is 0 Å². The van der Waals surface area contributed by atoms with Crippen molar-refractivity contribution < 1.29 is 14.3 Å². The van der Waals surface area contributed by atoms with Crippen molar-refractivity contribution in [2.24, 2.45) is 0 Å². The van der Waals surface area contributed by atoms with Gasteiger partial charge in [-0.05, 0) is 36.9 Å². The first-order chi connectivity index (χ1) is 9.04. The molecule has 1 atom stereocenters. The summed E-state index contributed by atoms with van der Waals surface area (Å²) in [5, 5.41) is 4.51. The topological polar surface area (TPSA) is 55.4 Å². The lowest BCUT2D eigenvalue weighted by Crippen LogP contribution is -2.35. The Labute approximate surface area is 116 Å². The summed E-state index contributed by atoms with van der Waals surface area (Å²) in [6.07, 6.45) is 3.76. The second-order valence-electron chi connectivity index (χ2n) is 3.91. The minimum atomic E-state index is -0.818. The minimum Gasteiger partial charge on any atom is -0.449 e. The van der Waals surface area contributed by atoms with Crippen LogP contribution < -0.4 is 5.32 Å². The molecule has 0 spiro atoms. The van der Waals surface area contributed by atoms with E-state index in [1.54, 1.807) is 23.5 Å². The smallest absolute Gasteiger partial charge is 0.331 e. The monoisotopic (exact) mass is 279 g/mol. The quantitative estimate of drug-likeness (QED) is 0.494. The molecule has 0 aliphatic heterocycles. The summed E-state index contributed by atoms with van der Waals surface area (Å²) in [6.45, 7) is 7.33. The molecule has 1 rings (SSSR count). The first-order valence-corrected chi connectivity index (χ1v) is 6.74. The Balaban J connectivity index is 2.47. The Morgan fingerprint density at radius 3 is 2.89 bits per heavy atom. The zero-order valence-corrected chi connectivity index (χ0v) is 11.8. The average Bonchev–Trinajstić information content (AvgIpc) is 2.79. The number of nitrogens with one attached hydrogen (secondary N) is 1. The number of carbonyl (C=O) groups is 2. The fraction of sp³-hybridized carbons (Fsp3) is 0.286. The largest absolute Gasteiger partial charge is 0.449 e. The summed E-state index contributed by atoms with van der Waals surface area (Å²) in [5.74, 6) is -0.872. The molecular weight excluding hydrogens is 262 g/mol. The van der Waals surface area contributed by atoms with Gasteiger partial charge in [-0.25, -0.2) is 4.79 Å². The van der Waals surface area contributed by atoms with E-state index in [1.165, 1.54) is 13.0 Å². The second-order valence-corrected chi connectivity index (χ2v) is 4.86.